The molecule has 20 heavy (non-hydrogen) atoms. The maximum absolute atomic E-state index is 6.47. The number of benzene rings is 1. The molecule has 0 bridgehead atoms. The Kier molecular flexibility index (Phi) is 6.52. The summed E-state index contributed by atoms with van der Waals surface area (Å²) in [6, 6.07) is 7.84. The van der Waals surface area contributed by atoms with Gasteiger partial charge in [0.2, 0.25) is 0 Å². The van der Waals surface area contributed by atoms with Crippen LogP contribution in [-0.4, -0.2) is 18.6 Å². The van der Waals surface area contributed by atoms with Crippen LogP contribution in [0.4, 0.5) is 0 Å². The Balaban J connectivity index is 1.70. The minimum atomic E-state index is 0.322. The molecule has 1 aliphatic carbocycles. The topological polar surface area (TPSA) is 18.5 Å². The SMILES string of the molecule is CCOc1ccccc1OCCCC(Cl)C1CCCC1. The Labute approximate surface area is 127 Å². The zero-order chi connectivity index (χ0) is 14.2. The Hall–Kier alpha value is -0.890. The summed E-state index contributed by atoms with van der Waals surface area (Å²) in [5, 5.41) is 0.322. The van der Waals surface area contributed by atoms with Crippen molar-refractivity contribution in [1.82, 2.24) is 0 Å². The first-order chi connectivity index (χ1) is 9.81. The van der Waals surface area contributed by atoms with Crippen LogP contribution in [0.5, 0.6) is 11.5 Å². The smallest absolute Gasteiger partial charge is 0.161 e. The average Bonchev–Trinajstić information content (AvgIpc) is 2.99. The molecule has 1 saturated carbocycles. The number of ether oxygens (including phenoxy) is 2. The van der Waals surface area contributed by atoms with Crippen LogP contribution in [0.1, 0.15) is 45.4 Å². The predicted molar refractivity (Wildman–Crippen MR) is 83.9 cm³/mol. The van der Waals surface area contributed by atoms with Crippen molar-refractivity contribution in [2.75, 3.05) is 13.2 Å². The normalized spacial score (nSPS) is 17.1. The van der Waals surface area contributed by atoms with E-state index in [1.54, 1.807) is 0 Å². The second-order valence-corrected chi connectivity index (χ2v) is 5.99. The molecule has 0 amide bonds. The standard InChI is InChI=1S/C17H25ClO2/c1-2-19-16-11-5-6-12-17(16)20-13-7-10-15(18)14-8-3-4-9-14/h5-6,11-12,14-15H,2-4,7-10,13H2,1H3. The van der Waals surface area contributed by atoms with E-state index in [0.29, 0.717) is 18.6 Å². The second kappa shape index (κ2) is 8.41. The minimum Gasteiger partial charge on any atom is -0.490 e. The zero-order valence-corrected chi connectivity index (χ0v) is 13.1. The van der Waals surface area contributed by atoms with Crippen LogP contribution in [-0.2, 0) is 0 Å². The van der Waals surface area contributed by atoms with Crippen LogP contribution in [0.15, 0.2) is 24.3 Å². The third-order valence-electron chi connectivity index (χ3n) is 3.94. The lowest BCUT2D eigenvalue weighted by Crippen LogP contribution is -2.12. The van der Waals surface area contributed by atoms with Crippen molar-refractivity contribution in [2.45, 2.75) is 50.8 Å². The van der Waals surface area contributed by atoms with E-state index >= 15 is 0 Å². The number of halogens is 1. The van der Waals surface area contributed by atoms with Gasteiger partial charge in [0.1, 0.15) is 0 Å². The fourth-order valence-electron chi connectivity index (χ4n) is 2.86. The summed E-state index contributed by atoms with van der Waals surface area (Å²) in [6.07, 6.45) is 7.37. The molecular weight excluding hydrogens is 272 g/mol. The highest BCUT2D eigenvalue weighted by Crippen LogP contribution is 2.32. The quantitative estimate of drug-likeness (QED) is 0.494. The second-order valence-electron chi connectivity index (χ2n) is 5.43. The van der Waals surface area contributed by atoms with Crippen LogP contribution in [0, 0.1) is 5.92 Å². The summed E-state index contributed by atoms with van der Waals surface area (Å²) < 4.78 is 11.4. The van der Waals surface area contributed by atoms with Gasteiger partial charge in [-0.25, -0.2) is 0 Å². The van der Waals surface area contributed by atoms with E-state index in [4.69, 9.17) is 21.1 Å². The van der Waals surface area contributed by atoms with E-state index < -0.39 is 0 Å². The highest BCUT2D eigenvalue weighted by molar-refractivity contribution is 6.20. The number of alkyl halides is 1. The minimum absolute atomic E-state index is 0.322. The Morgan fingerprint density at radius 1 is 1.15 bits per heavy atom. The van der Waals surface area contributed by atoms with Gasteiger partial charge in [0, 0.05) is 5.38 Å². The Bertz CT molecular complexity index is 388. The van der Waals surface area contributed by atoms with Gasteiger partial charge in [-0.3, -0.25) is 0 Å². The molecule has 0 N–H and O–H groups in total. The van der Waals surface area contributed by atoms with E-state index in [0.717, 1.165) is 30.3 Å². The summed E-state index contributed by atoms with van der Waals surface area (Å²) in [5.41, 5.74) is 0. The molecule has 1 aromatic carbocycles. The largest absolute Gasteiger partial charge is 0.490 e. The lowest BCUT2D eigenvalue weighted by Gasteiger charge is -2.17. The first-order valence-electron chi connectivity index (χ1n) is 7.80. The third kappa shape index (κ3) is 4.59. The number of rotatable bonds is 8. The molecule has 2 rings (SSSR count). The fraction of sp³-hybridized carbons (Fsp3) is 0.647. The molecule has 3 heteroatoms. The molecule has 0 spiro atoms. The first kappa shape index (κ1) is 15.5. The number of hydrogen-bond acceptors (Lipinski definition) is 2. The summed E-state index contributed by atoms with van der Waals surface area (Å²) in [5.74, 6) is 2.39. The van der Waals surface area contributed by atoms with Gasteiger partial charge in [0.25, 0.3) is 0 Å². The van der Waals surface area contributed by atoms with Gasteiger partial charge in [-0.2, -0.15) is 0 Å². The van der Waals surface area contributed by atoms with Gasteiger partial charge < -0.3 is 9.47 Å². The lowest BCUT2D eigenvalue weighted by atomic mass is 10.0. The van der Waals surface area contributed by atoms with Crippen LogP contribution in [0.2, 0.25) is 0 Å². The van der Waals surface area contributed by atoms with E-state index in [2.05, 4.69) is 0 Å². The fourth-order valence-corrected chi connectivity index (χ4v) is 3.27. The molecule has 1 aliphatic rings. The Morgan fingerprint density at radius 2 is 1.80 bits per heavy atom. The van der Waals surface area contributed by atoms with Crippen LogP contribution in [0.25, 0.3) is 0 Å². The van der Waals surface area contributed by atoms with Gasteiger partial charge in [0.05, 0.1) is 13.2 Å². The summed E-state index contributed by atoms with van der Waals surface area (Å²) in [7, 11) is 0. The molecule has 2 nitrogen and oxygen atoms in total. The van der Waals surface area contributed by atoms with E-state index in [1.807, 2.05) is 31.2 Å². The van der Waals surface area contributed by atoms with E-state index in [9.17, 15) is 0 Å². The molecule has 0 heterocycles. The average molecular weight is 297 g/mol. The molecule has 112 valence electrons. The van der Waals surface area contributed by atoms with Gasteiger partial charge in [-0.15, -0.1) is 11.6 Å². The molecular formula is C17H25ClO2. The van der Waals surface area contributed by atoms with Crippen LogP contribution in [0.3, 0.4) is 0 Å². The monoisotopic (exact) mass is 296 g/mol. The van der Waals surface area contributed by atoms with Crippen molar-refractivity contribution in [3.63, 3.8) is 0 Å². The molecule has 1 fully saturated rings. The van der Waals surface area contributed by atoms with Gasteiger partial charge in [-0.05, 0) is 50.7 Å². The van der Waals surface area contributed by atoms with Crippen molar-refractivity contribution in [3.8, 4) is 11.5 Å². The van der Waals surface area contributed by atoms with Crippen LogP contribution < -0.4 is 9.47 Å². The highest BCUT2D eigenvalue weighted by Gasteiger charge is 2.22. The molecule has 0 radical (unpaired) electrons. The highest BCUT2D eigenvalue weighted by atomic mass is 35.5. The van der Waals surface area contributed by atoms with E-state index in [1.165, 1.54) is 25.7 Å². The molecule has 1 aromatic rings. The van der Waals surface area contributed by atoms with Crippen molar-refractivity contribution >= 4 is 11.6 Å². The number of para-hydroxylation sites is 2. The van der Waals surface area contributed by atoms with Crippen molar-refractivity contribution in [1.29, 1.82) is 0 Å². The summed E-state index contributed by atoms with van der Waals surface area (Å²) in [4.78, 5) is 0. The third-order valence-corrected chi connectivity index (χ3v) is 4.52. The first-order valence-corrected chi connectivity index (χ1v) is 8.23. The van der Waals surface area contributed by atoms with Crippen LogP contribution >= 0.6 is 11.6 Å². The number of hydrogen-bond donors (Lipinski definition) is 0. The van der Waals surface area contributed by atoms with Gasteiger partial charge in [0.15, 0.2) is 11.5 Å². The van der Waals surface area contributed by atoms with Crippen molar-refractivity contribution in [2.24, 2.45) is 5.92 Å². The predicted octanol–water partition coefficient (Wildman–Crippen LogP) is 5.04. The maximum Gasteiger partial charge on any atom is 0.161 e. The lowest BCUT2D eigenvalue weighted by molar-refractivity contribution is 0.268. The molecule has 0 saturated heterocycles. The van der Waals surface area contributed by atoms with Crippen molar-refractivity contribution in [3.05, 3.63) is 24.3 Å². The van der Waals surface area contributed by atoms with E-state index in [-0.39, 0.29) is 0 Å². The van der Waals surface area contributed by atoms with Gasteiger partial charge >= 0.3 is 0 Å². The zero-order valence-electron chi connectivity index (χ0n) is 12.3. The Morgan fingerprint density at radius 3 is 2.45 bits per heavy atom. The van der Waals surface area contributed by atoms with Gasteiger partial charge in [-0.1, -0.05) is 25.0 Å². The summed E-state index contributed by atoms with van der Waals surface area (Å²) in [6.45, 7) is 3.35. The molecule has 0 aromatic heterocycles. The molecule has 0 aliphatic heterocycles. The summed E-state index contributed by atoms with van der Waals surface area (Å²) >= 11 is 6.47. The molecule has 1 unspecified atom stereocenters. The molecule has 1 atom stereocenters. The van der Waals surface area contributed by atoms with Crippen molar-refractivity contribution < 1.29 is 9.47 Å². The maximum atomic E-state index is 6.47.